The Morgan fingerprint density at radius 3 is 2.83 bits per heavy atom. The second-order valence-corrected chi connectivity index (χ2v) is 3.93. The second kappa shape index (κ2) is 5.46. The van der Waals surface area contributed by atoms with Gasteiger partial charge in [0.1, 0.15) is 5.76 Å². The van der Waals surface area contributed by atoms with Crippen molar-refractivity contribution in [2.24, 2.45) is 0 Å². The van der Waals surface area contributed by atoms with Crippen molar-refractivity contribution in [3.63, 3.8) is 0 Å². The fraction of sp³-hybridized carbons (Fsp3) is 0.231. The molecule has 5 heteroatoms. The van der Waals surface area contributed by atoms with Gasteiger partial charge < -0.3 is 14.8 Å². The van der Waals surface area contributed by atoms with E-state index in [0.717, 1.165) is 11.3 Å². The summed E-state index contributed by atoms with van der Waals surface area (Å²) in [5, 5.41) is 12.1. The SMILES string of the molecule is Cc1cnc(CNCc2ccccc2C(=O)O)o1. The maximum absolute atomic E-state index is 11.0. The van der Waals surface area contributed by atoms with Crippen molar-refractivity contribution in [3.05, 3.63) is 53.2 Å². The van der Waals surface area contributed by atoms with Crippen LogP contribution in [-0.2, 0) is 13.1 Å². The van der Waals surface area contributed by atoms with Gasteiger partial charge in [0.25, 0.3) is 0 Å². The molecule has 0 amide bonds. The highest BCUT2D eigenvalue weighted by molar-refractivity contribution is 5.89. The number of oxazole rings is 1. The lowest BCUT2D eigenvalue weighted by Crippen LogP contribution is -2.15. The standard InChI is InChI=1S/C13H14N2O3/c1-9-6-15-12(18-9)8-14-7-10-4-2-3-5-11(10)13(16)17/h2-6,14H,7-8H2,1H3,(H,16,17). The average Bonchev–Trinajstić information content (AvgIpc) is 2.75. The van der Waals surface area contributed by atoms with E-state index in [1.54, 1.807) is 24.4 Å². The molecule has 1 heterocycles. The number of aromatic nitrogens is 1. The third-order valence-electron chi connectivity index (χ3n) is 2.51. The van der Waals surface area contributed by atoms with E-state index in [9.17, 15) is 4.79 Å². The highest BCUT2D eigenvalue weighted by Gasteiger charge is 2.08. The summed E-state index contributed by atoms with van der Waals surface area (Å²) < 4.78 is 5.31. The molecule has 0 radical (unpaired) electrons. The number of nitrogens with one attached hydrogen (secondary N) is 1. The van der Waals surface area contributed by atoms with Crippen LogP contribution in [0.1, 0.15) is 27.6 Å². The number of hydrogen-bond acceptors (Lipinski definition) is 4. The zero-order chi connectivity index (χ0) is 13.0. The first-order chi connectivity index (χ1) is 8.66. The first-order valence-corrected chi connectivity index (χ1v) is 5.60. The van der Waals surface area contributed by atoms with E-state index in [-0.39, 0.29) is 0 Å². The van der Waals surface area contributed by atoms with Gasteiger partial charge in [0.2, 0.25) is 5.89 Å². The monoisotopic (exact) mass is 246 g/mol. The highest BCUT2D eigenvalue weighted by atomic mass is 16.4. The van der Waals surface area contributed by atoms with Crippen LogP contribution in [0.5, 0.6) is 0 Å². The summed E-state index contributed by atoms with van der Waals surface area (Å²) >= 11 is 0. The molecule has 1 aromatic carbocycles. The van der Waals surface area contributed by atoms with Crippen molar-refractivity contribution in [2.45, 2.75) is 20.0 Å². The molecule has 0 bridgehead atoms. The van der Waals surface area contributed by atoms with Crippen LogP contribution in [0.4, 0.5) is 0 Å². The molecule has 94 valence electrons. The molecule has 2 N–H and O–H groups in total. The van der Waals surface area contributed by atoms with Crippen molar-refractivity contribution < 1.29 is 14.3 Å². The molecule has 0 spiro atoms. The molecule has 0 saturated heterocycles. The number of aromatic carboxylic acids is 1. The zero-order valence-electron chi connectivity index (χ0n) is 10.0. The van der Waals surface area contributed by atoms with Crippen LogP contribution < -0.4 is 5.32 Å². The lowest BCUT2D eigenvalue weighted by molar-refractivity contribution is 0.0695. The predicted octanol–water partition coefficient (Wildman–Crippen LogP) is 1.97. The van der Waals surface area contributed by atoms with Gasteiger partial charge in [-0.2, -0.15) is 0 Å². The Bertz CT molecular complexity index is 549. The normalized spacial score (nSPS) is 10.5. The van der Waals surface area contributed by atoms with E-state index in [0.29, 0.717) is 24.5 Å². The van der Waals surface area contributed by atoms with Crippen LogP contribution in [0.2, 0.25) is 0 Å². The fourth-order valence-corrected chi connectivity index (χ4v) is 1.67. The van der Waals surface area contributed by atoms with E-state index < -0.39 is 5.97 Å². The summed E-state index contributed by atoms with van der Waals surface area (Å²) in [6.45, 7) is 2.77. The van der Waals surface area contributed by atoms with E-state index in [1.165, 1.54) is 0 Å². The third-order valence-corrected chi connectivity index (χ3v) is 2.51. The van der Waals surface area contributed by atoms with Crippen molar-refractivity contribution in [3.8, 4) is 0 Å². The molecule has 18 heavy (non-hydrogen) atoms. The van der Waals surface area contributed by atoms with Gasteiger partial charge in [-0.1, -0.05) is 18.2 Å². The van der Waals surface area contributed by atoms with E-state index >= 15 is 0 Å². The lowest BCUT2D eigenvalue weighted by Gasteiger charge is -2.06. The van der Waals surface area contributed by atoms with Gasteiger partial charge in [0.05, 0.1) is 18.3 Å². The van der Waals surface area contributed by atoms with Gasteiger partial charge in [0, 0.05) is 6.54 Å². The smallest absolute Gasteiger partial charge is 0.336 e. The molecule has 0 aliphatic rings. The Hall–Kier alpha value is -2.14. The lowest BCUT2D eigenvalue weighted by atomic mass is 10.1. The highest BCUT2D eigenvalue weighted by Crippen LogP contribution is 2.09. The van der Waals surface area contributed by atoms with E-state index in [2.05, 4.69) is 10.3 Å². The predicted molar refractivity (Wildman–Crippen MR) is 65.2 cm³/mol. The quantitative estimate of drug-likeness (QED) is 0.843. The summed E-state index contributed by atoms with van der Waals surface area (Å²) in [4.78, 5) is 15.1. The minimum Gasteiger partial charge on any atom is -0.478 e. The topological polar surface area (TPSA) is 75.4 Å². The second-order valence-electron chi connectivity index (χ2n) is 3.93. The molecule has 5 nitrogen and oxygen atoms in total. The molecule has 0 unspecified atom stereocenters. The van der Waals surface area contributed by atoms with Crippen LogP contribution >= 0.6 is 0 Å². The number of benzene rings is 1. The van der Waals surface area contributed by atoms with E-state index in [1.807, 2.05) is 13.0 Å². The molecular formula is C13H14N2O3. The molecule has 2 rings (SSSR count). The van der Waals surface area contributed by atoms with Gasteiger partial charge in [-0.3, -0.25) is 0 Å². The molecular weight excluding hydrogens is 232 g/mol. The Morgan fingerprint density at radius 2 is 2.17 bits per heavy atom. The molecule has 2 aromatic rings. The maximum atomic E-state index is 11.0. The average molecular weight is 246 g/mol. The number of aryl methyl sites for hydroxylation is 1. The minimum absolute atomic E-state index is 0.314. The first kappa shape index (κ1) is 12.3. The van der Waals surface area contributed by atoms with Crippen molar-refractivity contribution in [1.29, 1.82) is 0 Å². The molecule has 0 aliphatic carbocycles. The summed E-state index contributed by atoms with van der Waals surface area (Å²) in [5.41, 5.74) is 1.06. The number of hydrogen-bond donors (Lipinski definition) is 2. The fourth-order valence-electron chi connectivity index (χ4n) is 1.67. The summed E-state index contributed by atoms with van der Waals surface area (Å²) in [6, 6.07) is 6.91. The van der Waals surface area contributed by atoms with Crippen LogP contribution in [-0.4, -0.2) is 16.1 Å². The van der Waals surface area contributed by atoms with Crippen molar-refractivity contribution in [1.82, 2.24) is 10.3 Å². The number of carbonyl (C=O) groups is 1. The van der Waals surface area contributed by atoms with Crippen molar-refractivity contribution in [2.75, 3.05) is 0 Å². The Kier molecular flexibility index (Phi) is 3.74. The van der Waals surface area contributed by atoms with Crippen LogP contribution in [0.3, 0.4) is 0 Å². The van der Waals surface area contributed by atoms with Gasteiger partial charge in [-0.25, -0.2) is 9.78 Å². The van der Waals surface area contributed by atoms with Gasteiger partial charge in [-0.05, 0) is 18.6 Å². The minimum atomic E-state index is -0.917. The van der Waals surface area contributed by atoms with Crippen LogP contribution in [0.25, 0.3) is 0 Å². The molecule has 0 fully saturated rings. The number of carboxylic acid groups (broad SMARTS) is 1. The molecule has 0 aliphatic heterocycles. The zero-order valence-corrected chi connectivity index (χ0v) is 10.0. The molecule has 0 saturated carbocycles. The molecule has 1 aromatic heterocycles. The van der Waals surface area contributed by atoms with Gasteiger partial charge in [-0.15, -0.1) is 0 Å². The first-order valence-electron chi connectivity index (χ1n) is 5.60. The number of carboxylic acids is 1. The summed E-state index contributed by atoms with van der Waals surface area (Å²) in [6.07, 6.45) is 1.65. The Balaban J connectivity index is 1.96. The third kappa shape index (κ3) is 2.95. The summed E-state index contributed by atoms with van der Waals surface area (Å²) in [5.74, 6) is 0.442. The van der Waals surface area contributed by atoms with Crippen LogP contribution in [0, 0.1) is 6.92 Å². The van der Waals surface area contributed by atoms with E-state index in [4.69, 9.17) is 9.52 Å². The number of rotatable bonds is 5. The van der Waals surface area contributed by atoms with Gasteiger partial charge >= 0.3 is 5.97 Å². The molecule has 0 atom stereocenters. The maximum Gasteiger partial charge on any atom is 0.336 e. The van der Waals surface area contributed by atoms with Crippen LogP contribution in [0.15, 0.2) is 34.9 Å². The summed E-state index contributed by atoms with van der Waals surface area (Å²) in [7, 11) is 0. The Morgan fingerprint density at radius 1 is 1.39 bits per heavy atom. The Labute approximate surface area is 104 Å². The van der Waals surface area contributed by atoms with Crippen molar-refractivity contribution >= 4 is 5.97 Å². The largest absolute Gasteiger partial charge is 0.478 e. The van der Waals surface area contributed by atoms with Gasteiger partial charge in [0.15, 0.2) is 0 Å². The number of nitrogens with zero attached hydrogens (tertiary/aromatic N) is 1.